The highest BCUT2D eigenvalue weighted by Gasteiger charge is 2.17. The number of aryl methyl sites for hydroxylation is 1. The van der Waals surface area contributed by atoms with Crippen LogP contribution in [0.15, 0.2) is 87.2 Å². The van der Waals surface area contributed by atoms with Gasteiger partial charge in [-0.2, -0.15) is 0 Å². The van der Waals surface area contributed by atoms with E-state index in [9.17, 15) is 4.79 Å². The third-order valence-electron chi connectivity index (χ3n) is 5.19. The topological polar surface area (TPSA) is 73.8 Å². The van der Waals surface area contributed by atoms with Crippen molar-refractivity contribution in [2.24, 2.45) is 0 Å². The number of thioether (sulfide) groups is 1. The smallest absolute Gasteiger partial charge is 0.266 e. The zero-order valence-corrected chi connectivity index (χ0v) is 19.3. The van der Waals surface area contributed by atoms with Crippen LogP contribution < -0.4 is 5.56 Å². The normalized spacial score (nSPS) is 11.2. The molecule has 0 fully saturated rings. The average molecular weight is 475 g/mol. The molecule has 6 nitrogen and oxygen atoms in total. The largest absolute Gasteiger partial charge is 0.424 e. The molecule has 0 radical (unpaired) electrons. The molecule has 3 aromatic carbocycles. The summed E-state index contributed by atoms with van der Waals surface area (Å²) in [6, 6.07) is 22.8. The maximum Gasteiger partial charge on any atom is 0.266 e. The second-order valence-electron chi connectivity index (χ2n) is 7.52. The van der Waals surface area contributed by atoms with Gasteiger partial charge in [0.2, 0.25) is 11.8 Å². The number of fused-ring (bicyclic) bond motifs is 1. The molecule has 5 aromatic rings. The first kappa shape index (κ1) is 21.4. The Hall–Kier alpha value is -3.42. The number of halogens is 1. The molecule has 33 heavy (non-hydrogen) atoms. The number of hydrogen-bond acceptors (Lipinski definition) is 6. The van der Waals surface area contributed by atoms with E-state index in [2.05, 4.69) is 10.2 Å². The molecular weight excluding hydrogens is 456 g/mol. The van der Waals surface area contributed by atoms with E-state index in [-0.39, 0.29) is 5.56 Å². The van der Waals surface area contributed by atoms with Gasteiger partial charge in [0.05, 0.1) is 28.8 Å². The third kappa shape index (κ3) is 4.55. The van der Waals surface area contributed by atoms with Crippen molar-refractivity contribution in [3.05, 3.63) is 111 Å². The first-order chi connectivity index (χ1) is 16.1. The molecule has 0 spiro atoms. The van der Waals surface area contributed by atoms with E-state index in [1.807, 2.05) is 61.5 Å². The highest BCUT2D eigenvalue weighted by atomic mass is 35.5. The Labute approximate surface area is 199 Å². The fraction of sp³-hybridized carbons (Fsp3) is 0.120. The van der Waals surface area contributed by atoms with Gasteiger partial charge in [-0.1, -0.05) is 71.9 Å². The Morgan fingerprint density at radius 3 is 2.55 bits per heavy atom. The van der Waals surface area contributed by atoms with Crippen LogP contribution in [0.25, 0.3) is 16.6 Å². The summed E-state index contributed by atoms with van der Waals surface area (Å²) in [7, 11) is 0. The minimum Gasteiger partial charge on any atom is -0.424 e. The van der Waals surface area contributed by atoms with E-state index in [0.29, 0.717) is 45.0 Å². The van der Waals surface area contributed by atoms with Crippen molar-refractivity contribution in [2.75, 3.05) is 0 Å². The Balaban J connectivity index is 1.49. The van der Waals surface area contributed by atoms with Crippen molar-refractivity contribution in [1.29, 1.82) is 0 Å². The Morgan fingerprint density at radius 1 is 0.970 bits per heavy atom. The van der Waals surface area contributed by atoms with Gasteiger partial charge < -0.3 is 4.42 Å². The van der Waals surface area contributed by atoms with Gasteiger partial charge in [0.15, 0.2) is 5.16 Å². The lowest BCUT2D eigenvalue weighted by Crippen LogP contribution is -2.22. The number of para-hydroxylation sites is 1. The molecule has 8 heteroatoms. The van der Waals surface area contributed by atoms with E-state index in [4.69, 9.17) is 21.0 Å². The Morgan fingerprint density at radius 2 is 1.73 bits per heavy atom. The summed E-state index contributed by atoms with van der Waals surface area (Å²) in [4.78, 5) is 18.2. The first-order valence-corrected chi connectivity index (χ1v) is 11.7. The first-order valence-electron chi connectivity index (χ1n) is 10.3. The van der Waals surface area contributed by atoms with Crippen LogP contribution in [0.1, 0.15) is 22.9 Å². The average Bonchev–Trinajstić information content (AvgIpc) is 3.26. The molecule has 2 aromatic heterocycles. The molecule has 0 saturated heterocycles. The molecule has 0 aliphatic rings. The molecule has 0 N–H and O–H groups in total. The number of aromatic nitrogens is 4. The van der Waals surface area contributed by atoms with Gasteiger partial charge in [-0.25, -0.2) is 4.98 Å². The molecule has 0 saturated carbocycles. The van der Waals surface area contributed by atoms with Gasteiger partial charge in [-0.05, 0) is 42.3 Å². The van der Waals surface area contributed by atoms with Crippen molar-refractivity contribution in [3.8, 4) is 5.69 Å². The molecule has 0 bridgehead atoms. The van der Waals surface area contributed by atoms with Crippen LogP contribution in [0.4, 0.5) is 0 Å². The van der Waals surface area contributed by atoms with Gasteiger partial charge in [0.25, 0.3) is 5.56 Å². The minimum atomic E-state index is -0.149. The zero-order chi connectivity index (χ0) is 22.8. The number of rotatable bonds is 6. The monoisotopic (exact) mass is 474 g/mol. The quantitative estimate of drug-likeness (QED) is 0.235. The van der Waals surface area contributed by atoms with Gasteiger partial charge in [-0.15, -0.1) is 10.2 Å². The highest BCUT2D eigenvalue weighted by Crippen LogP contribution is 2.26. The maximum absolute atomic E-state index is 13.4. The van der Waals surface area contributed by atoms with E-state index >= 15 is 0 Å². The van der Waals surface area contributed by atoms with Crippen LogP contribution in [0, 0.1) is 6.92 Å². The van der Waals surface area contributed by atoms with Crippen LogP contribution >= 0.6 is 23.4 Å². The van der Waals surface area contributed by atoms with Gasteiger partial charge in [0, 0.05) is 5.02 Å². The SMILES string of the molecule is Cc1ccccc1-n1c(SCc2nnc(Cc3ccccc3)o2)nc2cc(Cl)ccc2c1=O. The van der Waals surface area contributed by atoms with E-state index in [0.717, 1.165) is 16.8 Å². The lowest BCUT2D eigenvalue weighted by molar-refractivity contribution is 0.474. The number of hydrogen-bond donors (Lipinski definition) is 0. The fourth-order valence-electron chi connectivity index (χ4n) is 3.58. The molecule has 0 unspecified atom stereocenters. The molecule has 0 aliphatic carbocycles. The van der Waals surface area contributed by atoms with Crippen LogP contribution in [0.5, 0.6) is 0 Å². The van der Waals surface area contributed by atoms with Crippen LogP contribution in [0.3, 0.4) is 0 Å². The molecule has 0 atom stereocenters. The molecule has 2 heterocycles. The van der Waals surface area contributed by atoms with Crippen molar-refractivity contribution in [1.82, 2.24) is 19.7 Å². The van der Waals surface area contributed by atoms with Crippen LogP contribution in [-0.4, -0.2) is 19.7 Å². The molecule has 0 aliphatic heterocycles. The van der Waals surface area contributed by atoms with E-state index in [1.54, 1.807) is 22.8 Å². The van der Waals surface area contributed by atoms with Crippen molar-refractivity contribution in [3.63, 3.8) is 0 Å². The van der Waals surface area contributed by atoms with Gasteiger partial charge in [0.1, 0.15) is 0 Å². The third-order valence-corrected chi connectivity index (χ3v) is 6.35. The molecule has 5 rings (SSSR count). The molecular formula is C25H19ClN4O2S. The highest BCUT2D eigenvalue weighted by molar-refractivity contribution is 7.98. The summed E-state index contributed by atoms with van der Waals surface area (Å²) in [5.41, 5.74) is 3.25. The van der Waals surface area contributed by atoms with Crippen molar-refractivity contribution < 1.29 is 4.42 Å². The summed E-state index contributed by atoms with van der Waals surface area (Å²) in [5, 5.41) is 9.91. The van der Waals surface area contributed by atoms with E-state index in [1.165, 1.54) is 11.8 Å². The summed E-state index contributed by atoms with van der Waals surface area (Å²) in [6.45, 7) is 1.97. The lowest BCUT2D eigenvalue weighted by atomic mass is 10.2. The zero-order valence-electron chi connectivity index (χ0n) is 17.7. The van der Waals surface area contributed by atoms with Gasteiger partial charge >= 0.3 is 0 Å². The summed E-state index contributed by atoms with van der Waals surface area (Å²) in [6.07, 6.45) is 0.569. The maximum atomic E-state index is 13.4. The fourth-order valence-corrected chi connectivity index (χ4v) is 4.59. The van der Waals surface area contributed by atoms with Gasteiger partial charge in [-0.3, -0.25) is 9.36 Å². The van der Waals surface area contributed by atoms with E-state index < -0.39 is 0 Å². The standard InChI is InChI=1S/C25H19ClN4O2S/c1-16-7-5-6-10-21(16)30-24(31)19-12-11-18(26)14-20(19)27-25(30)33-15-23-29-28-22(32-23)13-17-8-3-2-4-9-17/h2-12,14H,13,15H2,1H3. The predicted octanol–water partition coefficient (Wildman–Crippen LogP) is 5.61. The molecule has 0 amide bonds. The Kier molecular flexibility index (Phi) is 5.98. The Bertz CT molecular complexity index is 1500. The number of benzene rings is 3. The van der Waals surface area contributed by atoms with Crippen molar-refractivity contribution in [2.45, 2.75) is 24.3 Å². The molecule has 164 valence electrons. The summed E-state index contributed by atoms with van der Waals surface area (Å²) < 4.78 is 7.47. The second-order valence-corrected chi connectivity index (χ2v) is 8.90. The number of nitrogens with zero attached hydrogens (tertiary/aromatic N) is 4. The lowest BCUT2D eigenvalue weighted by Gasteiger charge is -2.14. The predicted molar refractivity (Wildman–Crippen MR) is 130 cm³/mol. The minimum absolute atomic E-state index is 0.149. The summed E-state index contributed by atoms with van der Waals surface area (Å²) in [5.74, 6) is 1.40. The second kappa shape index (κ2) is 9.21. The van der Waals surface area contributed by atoms with Crippen LogP contribution in [-0.2, 0) is 12.2 Å². The van der Waals surface area contributed by atoms with Crippen LogP contribution in [0.2, 0.25) is 5.02 Å². The summed E-state index contributed by atoms with van der Waals surface area (Å²) >= 11 is 7.53. The van der Waals surface area contributed by atoms with Crippen molar-refractivity contribution >= 4 is 34.3 Å².